The van der Waals surface area contributed by atoms with Gasteiger partial charge in [0.25, 0.3) is 0 Å². The summed E-state index contributed by atoms with van der Waals surface area (Å²) in [5, 5.41) is 0. The van der Waals surface area contributed by atoms with Crippen LogP contribution in [-0.4, -0.2) is 6.04 Å². The van der Waals surface area contributed by atoms with Gasteiger partial charge in [-0.05, 0) is 55.7 Å². The predicted molar refractivity (Wildman–Crippen MR) is 82.7 cm³/mol. The second-order valence-corrected chi connectivity index (χ2v) is 5.99. The lowest BCUT2D eigenvalue weighted by Crippen LogP contribution is -2.18. The maximum absolute atomic E-state index is 13.7. The molecule has 21 heavy (non-hydrogen) atoms. The van der Waals surface area contributed by atoms with Crippen molar-refractivity contribution in [2.45, 2.75) is 26.3 Å². The highest BCUT2D eigenvalue weighted by molar-refractivity contribution is 9.10. The maximum atomic E-state index is 13.7. The lowest BCUT2D eigenvalue weighted by Gasteiger charge is -2.12. The molecule has 2 rings (SSSR count). The van der Waals surface area contributed by atoms with E-state index in [1.165, 1.54) is 6.07 Å². The van der Waals surface area contributed by atoms with Gasteiger partial charge in [-0.2, -0.15) is 4.39 Å². The standard InChI is InChI=1S/C16H16BrF2NO/c1-9-5-13(4-3-11(9)6-10(2)20)21-15-8-12(17)7-14(18)16(15)19/h3-5,7-8,10H,6,20H2,1-2H3. The number of benzene rings is 2. The molecule has 2 aromatic rings. The van der Waals surface area contributed by atoms with Crippen LogP contribution in [0.3, 0.4) is 0 Å². The number of ether oxygens (including phenoxy) is 1. The van der Waals surface area contributed by atoms with E-state index < -0.39 is 11.6 Å². The lowest BCUT2D eigenvalue weighted by molar-refractivity contribution is 0.415. The Balaban J connectivity index is 2.27. The number of halogens is 3. The second-order valence-electron chi connectivity index (χ2n) is 5.07. The van der Waals surface area contributed by atoms with Gasteiger partial charge in [0, 0.05) is 10.5 Å². The summed E-state index contributed by atoms with van der Waals surface area (Å²) >= 11 is 3.11. The van der Waals surface area contributed by atoms with Crippen molar-refractivity contribution in [3.05, 3.63) is 57.6 Å². The minimum Gasteiger partial charge on any atom is -0.454 e. The molecule has 1 unspecified atom stereocenters. The third-order valence-corrected chi connectivity index (χ3v) is 3.50. The zero-order chi connectivity index (χ0) is 15.6. The van der Waals surface area contributed by atoms with Crippen LogP contribution in [0.1, 0.15) is 18.1 Å². The van der Waals surface area contributed by atoms with Crippen molar-refractivity contribution < 1.29 is 13.5 Å². The van der Waals surface area contributed by atoms with Crippen LogP contribution in [0.15, 0.2) is 34.8 Å². The molecule has 0 saturated heterocycles. The summed E-state index contributed by atoms with van der Waals surface area (Å²) < 4.78 is 32.9. The Morgan fingerprint density at radius 2 is 1.95 bits per heavy atom. The van der Waals surface area contributed by atoms with Crippen molar-refractivity contribution in [1.82, 2.24) is 0 Å². The van der Waals surface area contributed by atoms with E-state index in [-0.39, 0.29) is 11.8 Å². The Morgan fingerprint density at radius 1 is 1.24 bits per heavy atom. The van der Waals surface area contributed by atoms with Gasteiger partial charge in [0.1, 0.15) is 5.75 Å². The summed E-state index contributed by atoms with van der Waals surface area (Å²) in [4.78, 5) is 0. The summed E-state index contributed by atoms with van der Waals surface area (Å²) in [7, 11) is 0. The van der Waals surface area contributed by atoms with Crippen LogP contribution < -0.4 is 10.5 Å². The normalized spacial score (nSPS) is 12.3. The van der Waals surface area contributed by atoms with E-state index in [0.717, 1.165) is 23.6 Å². The minimum atomic E-state index is -1.00. The van der Waals surface area contributed by atoms with Crippen molar-refractivity contribution in [2.75, 3.05) is 0 Å². The Hall–Kier alpha value is -1.46. The smallest absolute Gasteiger partial charge is 0.201 e. The molecule has 0 aliphatic carbocycles. The van der Waals surface area contributed by atoms with Crippen LogP contribution in [0.25, 0.3) is 0 Å². The number of hydrogen-bond donors (Lipinski definition) is 1. The Morgan fingerprint density at radius 3 is 2.57 bits per heavy atom. The van der Waals surface area contributed by atoms with Crippen LogP contribution in [0.4, 0.5) is 8.78 Å². The first kappa shape index (κ1) is 15.9. The molecule has 0 spiro atoms. The maximum Gasteiger partial charge on any atom is 0.201 e. The molecule has 0 aliphatic rings. The van der Waals surface area contributed by atoms with E-state index in [2.05, 4.69) is 15.9 Å². The van der Waals surface area contributed by atoms with Gasteiger partial charge in [0.05, 0.1) is 0 Å². The van der Waals surface area contributed by atoms with Gasteiger partial charge in [0.2, 0.25) is 5.82 Å². The summed E-state index contributed by atoms with van der Waals surface area (Å²) in [5.41, 5.74) is 7.89. The number of hydrogen-bond acceptors (Lipinski definition) is 2. The first-order valence-electron chi connectivity index (χ1n) is 6.54. The average molecular weight is 356 g/mol. The summed E-state index contributed by atoms with van der Waals surface area (Å²) in [6.45, 7) is 3.87. The molecule has 0 radical (unpaired) electrons. The van der Waals surface area contributed by atoms with Gasteiger partial charge in [0.15, 0.2) is 11.6 Å². The van der Waals surface area contributed by atoms with Gasteiger partial charge in [-0.3, -0.25) is 0 Å². The summed E-state index contributed by atoms with van der Waals surface area (Å²) in [6.07, 6.45) is 0.756. The zero-order valence-electron chi connectivity index (χ0n) is 11.8. The molecule has 112 valence electrons. The van der Waals surface area contributed by atoms with Crippen LogP contribution in [-0.2, 0) is 6.42 Å². The van der Waals surface area contributed by atoms with Crippen molar-refractivity contribution in [3.8, 4) is 11.5 Å². The highest BCUT2D eigenvalue weighted by atomic mass is 79.9. The quantitative estimate of drug-likeness (QED) is 0.805. The van der Waals surface area contributed by atoms with E-state index in [9.17, 15) is 8.78 Å². The molecule has 2 nitrogen and oxygen atoms in total. The SMILES string of the molecule is Cc1cc(Oc2cc(Br)cc(F)c2F)ccc1CC(C)N. The molecule has 0 bridgehead atoms. The van der Waals surface area contributed by atoms with Gasteiger partial charge >= 0.3 is 0 Å². The molecule has 0 aliphatic heterocycles. The molecule has 1 atom stereocenters. The Kier molecular flexibility index (Phi) is 4.96. The fraction of sp³-hybridized carbons (Fsp3) is 0.250. The first-order chi connectivity index (χ1) is 9.86. The molecule has 0 aromatic heterocycles. The largest absolute Gasteiger partial charge is 0.454 e. The minimum absolute atomic E-state index is 0.0621. The fourth-order valence-corrected chi connectivity index (χ4v) is 2.45. The molecule has 5 heteroatoms. The highest BCUT2D eigenvalue weighted by Gasteiger charge is 2.13. The van der Waals surface area contributed by atoms with Crippen molar-refractivity contribution in [2.24, 2.45) is 5.73 Å². The molecule has 0 saturated carbocycles. The van der Waals surface area contributed by atoms with Gasteiger partial charge in [-0.15, -0.1) is 0 Å². The van der Waals surface area contributed by atoms with Crippen molar-refractivity contribution in [1.29, 1.82) is 0 Å². The number of nitrogens with two attached hydrogens (primary N) is 1. The molecular formula is C16H16BrF2NO. The van der Waals surface area contributed by atoms with Crippen LogP contribution >= 0.6 is 15.9 Å². The van der Waals surface area contributed by atoms with Crippen molar-refractivity contribution >= 4 is 15.9 Å². The molecule has 0 heterocycles. The molecule has 0 fully saturated rings. The topological polar surface area (TPSA) is 35.2 Å². The van der Waals surface area contributed by atoms with E-state index in [4.69, 9.17) is 10.5 Å². The lowest BCUT2D eigenvalue weighted by atomic mass is 10.0. The predicted octanol–water partition coefficient (Wildman–Crippen LogP) is 4.72. The molecule has 2 N–H and O–H groups in total. The molecular weight excluding hydrogens is 340 g/mol. The monoisotopic (exact) mass is 355 g/mol. The Bertz CT molecular complexity index is 659. The van der Waals surface area contributed by atoms with Crippen molar-refractivity contribution in [3.63, 3.8) is 0 Å². The number of rotatable bonds is 4. The summed E-state index contributed by atoms with van der Waals surface area (Å²) in [5.74, 6) is -1.65. The summed E-state index contributed by atoms with van der Waals surface area (Å²) in [6, 6.07) is 7.91. The van der Waals surface area contributed by atoms with E-state index >= 15 is 0 Å². The highest BCUT2D eigenvalue weighted by Crippen LogP contribution is 2.30. The van der Waals surface area contributed by atoms with E-state index in [1.54, 1.807) is 12.1 Å². The number of aryl methyl sites for hydroxylation is 1. The van der Waals surface area contributed by atoms with Crippen LogP contribution in [0.5, 0.6) is 11.5 Å². The zero-order valence-corrected chi connectivity index (χ0v) is 13.4. The van der Waals surface area contributed by atoms with Gasteiger partial charge in [-0.1, -0.05) is 22.0 Å². The van der Waals surface area contributed by atoms with E-state index in [1.807, 2.05) is 19.9 Å². The van der Waals surface area contributed by atoms with Gasteiger partial charge < -0.3 is 10.5 Å². The molecule has 2 aromatic carbocycles. The third-order valence-electron chi connectivity index (χ3n) is 3.04. The van der Waals surface area contributed by atoms with E-state index in [0.29, 0.717) is 10.2 Å². The fourth-order valence-electron chi connectivity index (χ4n) is 2.04. The average Bonchev–Trinajstić information content (AvgIpc) is 2.38. The second kappa shape index (κ2) is 6.54. The first-order valence-corrected chi connectivity index (χ1v) is 7.33. The third kappa shape index (κ3) is 4.02. The Labute approximate surface area is 131 Å². The van der Waals surface area contributed by atoms with Crippen LogP contribution in [0, 0.1) is 18.6 Å². The molecule has 0 amide bonds. The van der Waals surface area contributed by atoms with Gasteiger partial charge in [-0.25, -0.2) is 4.39 Å². The van der Waals surface area contributed by atoms with Crippen LogP contribution in [0.2, 0.25) is 0 Å².